The van der Waals surface area contributed by atoms with Gasteiger partial charge >= 0.3 is 0 Å². The summed E-state index contributed by atoms with van der Waals surface area (Å²) in [6.45, 7) is 2.96. The molecule has 25 heavy (non-hydrogen) atoms. The molecule has 6 heteroatoms. The van der Waals surface area contributed by atoms with Crippen LogP contribution in [-0.4, -0.2) is 54.0 Å². The van der Waals surface area contributed by atoms with E-state index in [2.05, 4.69) is 45.9 Å². The number of hydrogen-bond acceptors (Lipinski definition) is 5. The van der Waals surface area contributed by atoms with Gasteiger partial charge in [-0.3, -0.25) is 9.69 Å². The minimum atomic E-state index is -0.222. The monoisotopic (exact) mass is 354 g/mol. The highest BCUT2D eigenvalue weighted by Gasteiger charge is 2.31. The maximum absolute atomic E-state index is 12.5. The molecular weight excluding hydrogens is 332 g/mol. The summed E-state index contributed by atoms with van der Waals surface area (Å²) < 4.78 is 1.30. The maximum atomic E-state index is 12.5. The summed E-state index contributed by atoms with van der Waals surface area (Å²) >= 11 is 1.76. The minimum absolute atomic E-state index is 0.102. The Labute approximate surface area is 151 Å². The predicted octanol–water partition coefficient (Wildman–Crippen LogP) is 2.90. The molecule has 1 amide bonds. The molecule has 130 valence electrons. The number of nitrogens with zero attached hydrogens (tertiary/aromatic N) is 3. The molecule has 3 heterocycles. The average molecular weight is 354 g/mol. The lowest BCUT2D eigenvalue weighted by atomic mass is 10.2. The van der Waals surface area contributed by atoms with Gasteiger partial charge in [-0.05, 0) is 42.8 Å². The van der Waals surface area contributed by atoms with Gasteiger partial charge in [-0.15, -0.1) is 11.3 Å². The van der Waals surface area contributed by atoms with Crippen LogP contribution >= 0.6 is 11.3 Å². The van der Waals surface area contributed by atoms with Crippen molar-refractivity contribution >= 4 is 33.0 Å². The van der Waals surface area contributed by atoms with Gasteiger partial charge in [0.2, 0.25) is 5.91 Å². The van der Waals surface area contributed by atoms with Gasteiger partial charge in [0.25, 0.3) is 0 Å². The molecule has 2 aromatic rings. The molecule has 2 aliphatic heterocycles. The summed E-state index contributed by atoms with van der Waals surface area (Å²) in [6.07, 6.45) is 2.80. The Morgan fingerprint density at radius 3 is 3.12 bits per heavy atom. The van der Waals surface area contributed by atoms with Crippen molar-refractivity contribution in [1.82, 2.24) is 9.80 Å². The second-order valence-corrected chi connectivity index (χ2v) is 7.82. The highest BCUT2D eigenvalue weighted by Crippen LogP contribution is 2.29. The van der Waals surface area contributed by atoms with Gasteiger partial charge in [0, 0.05) is 41.4 Å². The second-order valence-electron chi connectivity index (χ2n) is 6.88. The highest BCUT2D eigenvalue weighted by molar-refractivity contribution is 7.17. The Morgan fingerprint density at radius 2 is 2.24 bits per heavy atom. The highest BCUT2D eigenvalue weighted by atomic mass is 32.1. The van der Waals surface area contributed by atoms with Gasteiger partial charge in [0.15, 0.2) is 0 Å². The van der Waals surface area contributed by atoms with E-state index in [1.54, 1.807) is 16.2 Å². The summed E-state index contributed by atoms with van der Waals surface area (Å²) in [5, 5.41) is 16.2. The largest absolute Gasteiger partial charge is 0.380 e. The topological polar surface area (TPSA) is 59.4 Å². The van der Waals surface area contributed by atoms with Crippen LogP contribution in [0.25, 0.3) is 10.1 Å². The van der Waals surface area contributed by atoms with Crippen molar-refractivity contribution in [3.8, 4) is 6.07 Å². The number of hydrogen-bond donors (Lipinski definition) is 1. The molecule has 0 radical (unpaired) electrons. The van der Waals surface area contributed by atoms with Crippen LogP contribution in [0.15, 0.2) is 29.6 Å². The molecule has 1 aromatic carbocycles. The third kappa shape index (κ3) is 3.35. The van der Waals surface area contributed by atoms with E-state index in [0.717, 1.165) is 38.9 Å². The van der Waals surface area contributed by atoms with Gasteiger partial charge in [-0.1, -0.05) is 6.07 Å². The van der Waals surface area contributed by atoms with E-state index < -0.39 is 0 Å². The van der Waals surface area contributed by atoms with Crippen LogP contribution < -0.4 is 5.32 Å². The number of nitriles is 1. The third-order valence-electron chi connectivity index (χ3n) is 5.21. The first-order valence-corrected chi connectivity index (χ1v) is 9.77. The molecule has 2 saturated heterocycles. The van der Waals surface area contributed by atoms with Crippen LogP contribution in [0, 0.1) is 11.3 Å². The van der Waals surface area contributed by atoms with E-state index in [0.29, 0.717) is 12.6 Å². The Kier molecular flexibility index (Phi) is 4.60. The van der Waals surface area contributed by atoms with Crippen LogP contribution in [-0.2, 0) is 4.79 Å². The average Bonchev–Trinajstić information content (AvgIpc) is 3.35. The van der Waals surface area contributed by atoms with Crippen LogP contribution in [0.4, 0.5) is 5.69 Å². The Morgan fingerprint density at radius 1 is 1.32 bits per heavy atom. The minimum Gasteiger partial charge on any atom is -0.380 e. The van der Waals surface area contributed by atoms with Crippen molar-refractivity contribution in [1.29, 1.82) is 5.26 Å². The zero-order chi connectivity index (χ0) is 17.2. The second kappa shape index (κ2) is 7.03. The lowest BCUT2D eigenvalue weighted by Crippen LogP contribution is -2.42. The molecule has 2 aliphatic rings. The molecule has 0 saturated carbocycles. The molecule has 1 N–H and O–H groups in total. The molecule has 2 atom stereocenters. The van der Waals surface area contributed by atoms with Crippen LogP contribution in [0.1, 0.15) is 19.3 Å². The molecule has 5 nitrogen and oxygen atoms in total. The molecule has 0 spiro atoms. The van der Waals surface area contributed by atoms with Crippen molar-refractivity contribution < 1.29 is 4.79 Å². The first-order chi connectivity index (χ1) is 12.2. The number of amides is 1. The number of benzene rings is 1. The summed E-state index contributed by atoms with van der Waals surface area (Å²) in [6, 6.07) is 10.9. The first-order valence-electron chi connectivity index (χ1n) is 8.89. The summed E-state index contributed by atoms with van der Waals surface area (Å²) in [5.41, 5.74) is 1.18. The SMILES string of the molecule is N#C[C@@H]1CCCN1C(=O)CN1CC[C@H](Nc2cccc3sccc23)C1. The van der Waals surface area contributed by atoms with Crippen LogP contribution in [0.5, 0.6) is 0 Å². The number of anilines is 1. The fourth-order valence-electron chi connectivity index (χ4n) is 3.92. The van der Waals surface area contributed by atoms with E-state index in [1.165, 1.54) is 15.8 Å². The predicted molar refractivity (Wildman–Crippen MR) is 101 cm³/mol. The van der Waals surface area contributed by atoms with Gasteiger partial charge in [-0.2, -0.15) is 5.26 Å². The van der Waals surface area contributed by atoms with E-state index in [9.17, 15) is 4.79 Å². The van der Waals surface area contributed by atoms with Crippen LogP contribution in [0.3, 0.4) is 0 Å². The molecule has 4 rings (SSSR count). The molecule has 0 unspecified atom stereocenters. The Balaban J connectivity index is 1.35. The number of fused-ring (bicyclic) bond motifs is 1. The van der Waals surface area contributed by atoms with Crippen LogP contribution in [0.2, 0.25) is 0 Å². The quantitative estimate of drug-likeness (QED) is 0.917. The normalized spacial score (nSPS) is 23.9. The van der Waals surface area contributed by atoms with Gasteiger partial charge in [0.1, 0.15) is 6.04 Å². The summed E-state index contributed by atoms with van der Waals surface area (Å²) in [4.78, 5) is 16.5. The van der Waals surface area contributed by atoms with Crippen molar-refractivity contribution in [2.75, 3.05) is 31.5 Å². The van der Waals surface area contributed by atoms with Crippen molar-refractivity contribution in [2.45, 2.75) is 31.3 Å². The number of nitrogens with one attached hydrogen (secondary N) is 1. The molecular formula is C19H22N4OS. The number of carbonyl (C=O) groups excluding carboxylic acids is 1. The third-order valence-corrected chi connectivity index (χ3v) is 6.09. The Bertz CT molecular complexity index is 811. The fourth-order valence-corrected chi connectivity index (χ4v) is 4.73. The number of likely N-dealkylation sites (tertiary alicyclic amines) is 2. The molecule has 0 bridgehead atoms. The summed E-state index contributed by atoms with van der Waals surface area (Å²) in [7, 11) is 0. The smallest absolute Gasteiger partial charge is 0.237 e. The van der Waals surface area contributed by atoms with Crippen molar-refractivity contribution in [2.24, 2.45) is 0 Å². The zero-order valence-electron chi connectivity index (χ0n) is 14.1. The number of carbonyl (C=O) groups is 1. The fraction of sp³-hybridized carbons (Fsp3) is 0.474. The van der Waals surface area contributed by atoms with E-state index in [1.807, 2.05) is 0 Å². The van der Waals surface area contributed by atoms with E-state index in [-0.39, 0.29) is 11.9 Å². The van der Waals surface area contributed by atoms with Crippen molar-refractivity contribution in [3.63, 3.8) is 0 Å². The van der Waals surface area contributed by atoms with Crippen molar-refractivity contribution in [3.05, 3.63) is 29.6 Å². The maximum Gasteiger partial charge on any atom is 0.237 e. The zero-order valence-corrected chi connectivity index (χ0v) is 15.0. The first kappa shape index (κ1) is 16.4. The number of thiophene rings is 1. The van der Waals surface area contributed by atoms with Gasteiger partial charge < -0.3 is 10.2 Å². The molecule has 1 aromatic heterocycles. The molecule has 2 fully saturated rings. The lowest BCUT2D eigenvalue weighted by molar-refractivity contribution is -0.132. The summed E-state index contributed by atoms with van der Waals surface area (Å²) in [5.74, 6) is 0.102. The van der Waals surface area contributed by atoms with Gasteiger partial charge in [0.05, 0.1) is 12.6 Å². The van der Waals surface area contributed by atoms with E-state index >= 15 is 0 Å². The van der Waals surface area contributed by atoms with Gasteiger partial charge in [-0.25, -0.2) is 0 Å². The molecule has 0 aliphatic carbocycles. The Hall–Kier alpha value is -2.10. The standard InChI is InChI=1S/C19H22N4OS/c20-11-15-3-2-8-23(15)19(24)13-22-9-6-14(12-22)21-17-4-1-5-18-16(17)7-10-25-18/h1,4-5,7,10,14-15,21H,2-3,6,8-9,12-13H2/t14-,15-/m0/s1. The van der Waals surface area contributed by atoms with E-state index in [4.69, 9.17) is 5.26 Å². The lowest BCUT2D eigenvalue weighted by Gasteiger charge is -2.23. The number of rotatable bonds is 4.